The third-order valence-corrected chi connectivity index (χ3v) is 6.06. The van der Waals surface area contributed by atoms with Crippen LogP contribution in [0.2, 0.25) is 0 Å². The molecule has 2 saturated heterocycles. The van der Waals surface area contributed by atoms with Gasteiger partial charge in [0.25, 0.3) is 5.91 Å². The highest BCUT2D eigenvalue weighted by molar-refractivity contribution is 5.92. The Hall–Kier alpha value is -2.96. The molecule has 0 aliphatic carbocycles. The Morgan fingerprint density at radius 1 is 1.04 bits per heavy atom. The van der Waals surface area contributed by atoms with Gasteiger partial charge in [0.15, 0.2) is 0 Å². The minimum absolute atomic E-state index is 0.105. The molecule has 0 bridgehead atoms. The van der Waals surface area contributed by atoms with E-state index in [9.17, 15) is 9.18 Å². The standard InChI is InChI=1S/C21H22FN5O/c1-13-16(22)7-8-18(23-13)20(28)26-9-14-11-27(12-15(14)10-26)21-24-17-5-3-4-6-19(17)25(21)2/h3-8,14-15H,9-12H2,1-2H3. The number of para-hydroxylation sites is 2. The largest absolute Gasteiger partial charge is 0.342 e. The first-order valence-electron chi connectivity index (χ1n) is 9.60. The molecule has 2 atom stereocenters. The van der Waals surface area contributed by atoms with Crippen molar-refractivity contribution in [3.63, 3.8) is 0 Å². The fraction of sp³-hybridized carbons (Fsp3) is 0.381. The lowest BCUT2D eigenvalue weighted by Crippen LogP contribution is -2.34. The van der Waals surface area contributed by atoms with Crippen LogP contribution in [0.15, 0.2) is 36.4 Å². The highest BCUT2D eigenvalue weighted by Crippen LogP contribution is 2.35. The maximum absolute atomic E-state index is 13.4. The van der Waals surface area contributed by atoms with Crippen LogP contribution >= 0.6 is 0 Å². The Bertz CT molecular complexity index is 1060. The van der Waals surface area contributed by atoms with E-state index in [0.717, 1.165) is 30.1 Å². The van der Waals surface area contributed by atoms with Crippen LogP contribution in [0.4, 0.5) is 10.3 Å². The number of hydrogen-bond acceptors (Lipinski definition) is 4. The fourth-order valence-corrected chi connectivity index (χ4v) is 4.56. The van der Waals surface area contributed by atoms with Crippen molar-refractivity contribution >= 4 is 22.9 Å². The number of anilines is 1. The highest BCUT2D eigenvalue weighted by Gasteiger charge is 2.43. The zero-order valence-corrected chi connectivity index (χ0v) is 16.0. The number of pyridine rings is 1. The van der Waals surface area contributed by atoms with Crippen molar-refractivity contribution in [2.75, 3.05) is 31.1 Å². The van der Waals surface area contributed by atoms with Gasteiger partial charge in [0.2, 0.25) is 5.95 Å². The average molecular weight is 379 g/mol. The number of aromatic nitrogens is 3. The van der Waals surface area contributed by atoms with Gasteiger partial charge in [-0.1, -0.05) is 12.1 Å². The normalized spacial score (nSPS) is 21.5. The summed E-state index contributed by atoms with van der Waals surface area (Å²) < 4.78 is 15.6. The monoisotopic (exact) mass is 379 g/mol. The molecule has 2 fully saturated rings. The molecule has 0 spiro atoms. The molecule has 6 nitrogen and oxygen atoms in total. The maximum atomic E-state index is 13.4. The Morgan fingerprint density at radius 2 is 1.75 bits per heavy atom. The zero-order chi connectivity index (χ0) is 19.4. The Morgan fingerprint density at radius 3 is 2.43 bits per heavy atom. The average Bonchev–Trinajstić information content (AvgIpc) is 3.35. The molecule has 144 valence electrons. The third-order valence-electron chi connectivity index (χ3n) is 6.06. The number of hydrogen-bond donors (Lipinski definition) is 0. The summed E-state index contributed by atoms with van der Waals surface area (Å²) in [6, 6.07) is 11.0. The number of carbonyl (C=O) groups is 1. The molecule has 2 aromatic heterocycles. The number of imidazole rings is 1. The molecule has 5 rings (SSSR count). The van der Waals surface area contributed by atoms with Crippen molar-refractivity contribution in [1.29, 1.82) is 0 Å². The fourth-order valence-electron chi connectivity index (χ4n) is 4.56. The van der Waals surface area contributed by atoms with Gasteiger partial charge < -0.3 is 14.4 Å². The van der Waals surface area contributed by atoms with E-state index in [4.69, 9.17) is 4.98 Å². The number of amides is 1. The molecule has 0 N–H and O–H groups in total. The summed E-state index contributed by atoms with van der Waals surface area (Å²) >= 11 is 0. The molecule has 0 saturated carbocycles. The van der Waals surface area contributed by atoms with Crippen molar-refractivity contribution < 1.29 is 9.18 Å². The molecule has 2 unspecified atom stereocenters. The number of carbonyl (C=O) groups excluding carboxylic acids is 1. The predicted octanol–water partition coefficient (Wildman–Crippen LogP) is 2.62. The van der Waals surface area contributed by atoms with Crippen LogP contribution in [0.1, 0.15) is 16.2 Å². The molecule has 7 heteroatoms. The molecule has 2 aliphatic heterocycles. The second-order valence-electron chi connectivity index (χ2n) is 7.86. The Labute approximate surface area is 162 Å². The molecular formula is C21H22FN5O. The lowest BCUT2D eigenvalue weighted by atomic mass is 10.0. The van der Waals surface area contributed by atoms with Crippen LogP contribution in [-0.2, 0) is 7.05 Å². The Balaban J connectivity index is 1.31. The lowest BCUT2D eigenvalue weighted by Gasteiger charge is -2.22. The molecule has 0 radical (unpaired) electrons. The number of likely N-dealkylation sites (tertiary alicyclic amines) is 1. The molecule has 2 aliphatic rings. The quantitative estimate of drug-likeness (QED) is 0.687. The van der Waals surface area contributed by atoms with Gasteiger partial charge in [-0.2, -0.15) is 0 Å². The summed E-state index contributed by atoms with van der Waals surface area (Å²) in [7, 11) is 2.05. The topological polar surface area (TPSA) is 54.3 Å². The molecule has 3 aromatic rings. The number of fused-ring (bicyclic) bond motifs is 2. The van der Waals surface area contributed by atoms with Crippen LogP contribution in [-0.4, -0.2) is 51.5 Å². The van der Waals surface area contributed by atoms with E-state index in [1.54, 1.807) is 6.92 Å². The molecule has 1 amide bonds. The molecular weight excluding hydrogens is 357 g/mol. The van der Waals surface area contributed by atoms with Gasteiger partial charge in [0, 0.05) is 45.1 Å². The first-order valence-corrected chi connectivity index (χ1v) is 9.60. The van der Waals surface area contributed by atoms with Gasteiger partial charge in [-0.25, -0.2) is 14.4 Å². The van der Waals surface area contributed by atoms with Crippen molar-refractivity contribution in [2.45, 2.75) is 6.92 Å². The van der Waals surface area contributed by atoms with Gasteiger partial charge in [-0.05, 0) is 31.2 Å². The van der Waals surface area contributed by atoms with E-state index >= 15 is 0 Å². The summed E-state index contributed by atoms with van der Waals surface area (Å²) in [6.07, 6.45) is 0. The second kappa shape index (κ2) is 6.29. The van der Waals surface area contributed by atoms with Gasteiger partial charge >= 0.3 is 0 Å². The van der Waals surface area contributed by atoms with Crippen LogP contribution < -0.4 is 4.90 Å². The molecule has 4 heterocycles. The van der Waals surface area contributed by atoms with E-state index in [-0.39, 0.29) is 17.4 Å². The van der Waals surface area contributed by atoms with Crippen LogP contribution in [0, 0.1) is 24.6 Å². The summed E-state index contributed by atoms with van der Waals surface area (Å²) in [5.74, 6) is 1.35. The van der Waals surface area contributed by atoms with Crippen LogP contribution in [0.25, 0.3) is 11.0 Å². The van der Waals surface area contributed by atoms with Gasteiger partial charge in [-0.15, -0.1) is 0 Å². The minimum atomic E-state index is -0.382. The summed E-state index contributed by atoms with van der Waals surface area (Å²) in [5.41, 5.74) is 2.72. The van der Waals surface area contributed by atoms with Crippen molar-refractivity contribution in [3.8, 4) is 0 Å². The van der Waals surface area contributed by atoms with Gasteiger partial charge in [0.05, 0.1) is 16.7 Å². The number of aryl methyl sites for hydroxylation is 2. The van der Waals surface area contributed by atoms with Crippen LogP contribution in [0.5, 0.6) is 0 Å². The van der Waals surface area contributed by atoms with Gasteiger partial charge in [-0.3, -0.25) is 4.79 Å². The molecule has 28 heavy (non-hydrogen) atoms. The van der Waals surface area contributed by atoms with E-state index in [1.807, 2.05) is 23.1 Å². The van der Waals surface area contributed by atoms with Gasteiger partial charge in [0.1, 0.15) is 11.5 Å². The first-order chi connectivity index (χ1) is 13.5. The van der Waals surface area contributed by atoms with E-state index in [2.05, 4.69) is 27.6 Å². The van der Waals surface area contributed by atoms with Crippen molar-refractivity contribution in [2.24, 2.45) is 18.9 Å². The van der Waals surface area contributed by atoms with E-state index < -0.39 is 0 Å². The Kier molecular flexibility index (Phi) is 3.86. The number of benzene rings is 1. The van der Waals surface area contributed by atoms with Crippen LogP contribution in [0.3, 0.4) is 0 Å². The SMILES string of the molecule is Cc1nc(C(=O)N2CC3CN(c4nc5ccccc5n4C)CC3C2)ccc1F. The predicted molar refractivity (Wildman–Crippen MR) is 105 cm³/mol. The van der Waals surface area contributed by atoms with E-state index in [0.29, 0.717) is 30.6 Å². The summed E-state index contributed by atoms with van der Waals surface area (Å²) in [4.78, 5) is 25.9. The van der Waals surface area contributed by atoms with E-state index in [1.165, 1.54) is 12.1 Å². The maximum Gasteiger partial charge on any atom is 0.272 e. The zero-order valence-electron chi connectivity index (χ0n) is 16.0. The van der Waals surface area contributed by atoms with Crippen molar-refractivity contribution in [3.05, 3.63) is 53.6 Å². The number of rotatable bonds is 2. The third kappa shape index (κ3) is 2.65. The summed E-state index contributed by atoms with van der Waals surface area (Å²) in [5, 5.41) is 0. The first kappa shape index (κ1) is 17.2. The smallest absolute Gasteiger partial charge is 0.272 e. The number of nitrogens with zero attached hydrogens (tertiary/aromatic N) is 5. The van der Waals surface area contributed by atoms with Crippen molar-refractivity contribution in [1.82, 2.24) is 19.4 Å². The second-order valence-corrected chi connectivity index (χ2v) is 7.86. The highest BCUT2D eigenvalue weighted by atomic mass is 19.1. The summed E-state index contributed by atoms with van der Waals surface area (Å²) in [6.45, 7) is 4.78. The molecule has 1 aromatic carbocycles. The lowest BCUT2D eigenvalue weighted by molar-refractivity contribution is 0.0776. The minimum Gasteiger partial charge on any atom is -0.342 e. The number of halogens is 1.